The summed E-state index contributed by atoms with van der Waals surface area (Å²) in [6.07, 6.45) is 2.19. The van der Waals surface area contributed by atoms with Crippen LogP contribution in [-0.2, 0) is 20.9 Å². The first-order valence-corrected chi connectivity index (χ1v) is 5.66. The third-order valence-electron chi connectivity index (χ3n) is 2.70. The van der Waals surface area contributed by atoms with E-state index >= 15 is 0 Å². The van der Waals surface area contributed by atoms with Gasteiger partial charge in [-0.15, -0.1) is 0 Å². The van der Waals surface area contributed by atoms with Gasteiger partial charge in [0.2, 0.25) is 0 Å². The number of esters is 1. The third-order valence-corrected chi connectivity index (χ3v) is 2.70. The summed E-state index contributed by atoms with van der Waals surface area (Å²) in [5.74, 6) is -0.106. The zero-order valence-corrected chi connectivity index (χ0v) is 9.22. The van der Waals surface area contributed by atoms with Crippen molar-refractivity contribution in [2.75, 3.05) is 6.61 Å². The van der Waals surface area contributed by atoms with E-state index in [9.17, 15) is 4.79 Å². The molecule has 1 fully saturated rings. The second-order valence-corrected chi connectivity index (χ2v) is 3.97. The maximum absolute atomic E-state index is 11.0. The second-order valence-electron chi connectivity index (χ2n) is 3.97. The van der Waals surface area contributed by atoms with Crippen molar-refractivity contribution in [1.82, 2.24) is 0 Å². The number of rotatable bonds is 3. The van der Waals surface area contributed by atoms with Crippen LogP contribution in [-0.4, -0.2) is 18.7 Å². The van der Waals surface area contributed by atoms with Gasteiger partial charge in [0.05, 0.1) is 19.3 Å². The lowest BCUT2D eigenvalue weighted by atomic mass is 10.1. The molecule has 3 heteroatoms. The van der Waals surface area contributed by atoms with Crippen molar-refractivity contribution in [1.29, 1.82) is 0 Å². The van der Waals surface area contributed by atoms with Crippen molar-refractivity contribution in [3.05, 3.63) is 35.9 Å². The lowest BCUT2D eigenvalue weighted by Crippen LogP contribution is -2.12. The first-order chi connectivity index (χ1) is 7.84. The van der Waals surface area contributed by atoms with E-state index in [1.165, 1.54) is 5.56 Å². The Bertz CT molecular complexity index is 334. The number of carbonyl (C=O) groups excluding carboxylic acids is 1. The molecule has 0 aliphatic carbocycles. The van der Waals surface area contributed by atoms with Crippen LogP contribution in [0, 0.1) is 0 Å². The normalized spacial score (nSPS) is 21.2. The Balaban J connectivity index is 1.79. The molecule has 2 rings (SSSR count). The van der Waals surface area contributed by atoms with Crippen LogP contribution in [0.15, 0.2) is 30.3 Å². The predicted octanol–water partition coefficient (Wildman–Crippen LogP) is 2.30. The number of cyclic esters (lactones) is 1. The van der Waals surface area contributed by atoms with E-state index in [0.29, 0.717) is 19.6 Å². The quantitative estimate of drug-likeness (QED) is 0.733. The van der Waals surface area contributed by atoms with Crippen LogP contribution in [0.5, 0.6) is 0 Å². The molecule has 86 valence electrons. The molecule has 0 spiro atoms. The minimum Gasteiger partial charge on any atom is -0.466 e. The first kappa shape index (κ1) is 11.1. The van der Waals surface area contributed by atoms with Gasteiger partial charge in [-0.25, -0.2) is 0 Å². The Labute approximate surface area is 95.4 Å². The Morgan fingerprint density at radius 2 is 2.06 bits per heavy atom. The molecule has 1 atom stereocenters. The summed E-state index contributed by atoms with van der Waals surface area (Å²) in [5.41, 5.74) is 1.17. The molecule has 1 heterocycles. The Morgan fingerprint density at radius 1 is 1.25 bits per heavy atom. The fourth-order valence-corrected chi connectivity index (χ4v) is 1.75. The maximum atomic E-state index is 11.0. The molecule has 1 aliphatic rings. The van der Waals surface area contributed by atoms with Gasteiger partial charge in [0, 0.05) is 12.8 Å². The molecular formula is C13H16O3. The van der Waals surface area contributed by atoms with Crippen LogP contribution in [0.1, 0.15) is 24.8 Å². The maximum Gasteiger partial charge on any atom is 0.305 e. The largest absolute Gasteiger partial charge is 0.466 e. The lowest BCUT2D eigenvalue weighted by Gasteiger charge is -2.13. The zero-order chi connectivity index (χ0) is 11.2. The van der Waals surface area contributed by atoms with E-state index in [0.717, 1.165) is 12.8 Å². The van der Waals surface area contributed by atoms with Crippen LogP contribution in [0.2, 0.25) is 0 Å². The van der Waals surface area contributed by atoms with Gasteiger partial charge in [0.15, 0.2) is 0 Å². The summed E-state index contributed by atoms with van der Waals surface area (Å²) in [7, 11) is 0. The zero-order valence-electron chi connectivity index (χ0n) is 9.22. The van der Waals surface area contributed by atoms with Crippen molar-refractivity contribution in [3.8, 4) is 0 Å². The van der Waals surface area contributed by atoms with Crippen LogP contribution >= 0.6 is 0 Å². The minimum absolute atomic E-state index is 0.106. The first-order valence-electron chi connectivity index (χ1n) is 5.66. The molecule has 0 N–H and O–H groups in total. The van der Waals surface area contributed by atoms with Crippen LogP contribution in [0.25, 0.3) is 0 Å². The van der Waals surface area contributed by atoms with Crippen molar-refractivity contribution < 1.29 is 14.3 Å². The van der Waals surface area contributed by atoms with Gasteiger partial charge in [-0.05, 0) is 12.0 Å². The number of hydrogen-bond acceptors (Lipinski definition) is 3. The summed E-state index contributed by atoms with van der Waals surface area (Å²) in [6, 6.07) is 10.1. The predicted molar refractivity (Wildman–Crippen MR) is 59.8 cm³/mol. The van der Waals surface area contributed by atoms with Gasteiger partial charge >= 0.3 is 5.97 Å². The molecule has 0 aromatic heterocycles. The van der Waals surface area contributed by atoms with Gasteiger partial charge in [0.1, 0.15) is 0 Å². The smallest absolute Gasteiger partial charge is 0.305 e. The van der Waals surface area contributed by atoms with Crippen molar-refractivity contribution in [2.45, 2.75) is 32.0 Å². The van der Waals surface area contributed by atoms with Gasteiger partial charge in [-0.1, -0.05) is 30.3 Å². The Hall–Kier alpha value is -1.35. The molecule has 1 aliphatic heterocycles. The summed E-state index contributed by atoms with van der Waals surface area (Å²) in [4.78, 5) is 11.0. The highest BCUT2D eigenvalue weighted by Gasteiger charge is 2.17. The standard InChI is InChI=1S/C13H16O3/c14-13-7-6-12(8-9-15-13)16-10-11-4-2-1-3-5-11/h1-5,12H,6-10H2. The summed E-state index contributed by atoms with van der Waals surface area (Å²) in [5, 5.41) is 0. The van der Waals surface area contributed by atoms with Crippen molar-refractivity contribution in [2.24, 2.45) is 0 Å². The van der Waals surface area contributed by atoms with E-state index < -0.39 is 0 Å². The average Bonchev–Trinajstić information content (AvgIpc) is 2.53. The van der Waals surface area contributed by atoms with Gasteiger partial charge in [0.25, 0.3) is 0 Å². The van der Waals surface area contributed by atoms with Crippen molar-refractivity contribution in [3.63, 3.8) is 0 Å². The molecule has 1 aromatic rings. The molecule has 0 amide bonds. The van der Waals surface area contributed by atoms with Gasteiger partial charge in [-0.2, -0.15) is 0 Å². The van der Waals surface area contributed by atoms with Crippen LogP contribution in [0.3, 0.4) is 0 Å². The SMILES string of the molecule is O=C1CCC(OCc2ccccc2)CCO1. The second kappa shape index (κ2) is 5.66. The van der Waals surface area contributed by atoms with Crippen molar-refractivity contribution >= 4 is 5.97 Å². The molecule has 3 nitrogen and oxygen atoms in total. The van der Waals surface area contributed by atoms with E-state index in [4.69, 9.17) is 9.47 Å². The highest BCUT2D eigenvalue weighted by atomic mass is 16.5. The third kappa shape index (κ3) is 3.35. The number of ether oxygens (including phenoxy) is 2. The van der Waals surface area contributed by atoms with Crippen LogP contribution in [0.4, 0.5) is 0 Å². The summed E-state index contributed by atoms with van der Waals surface area (Å²) in [6.45, 7) is 1.10. The molecular weight excluding hydrogens is 204 g/mol. The van der Waals surface area contributed by atoms with E-state index in [2.05, 4.69) is 0 Å². The molecule has 0 bridgehead atoms. The van der Waals surface area contributed by atoms with E-state index in [1.807, 2.05) is 30.3 Å². The molecule has 1 unspecified atom stereocenters. The van der Waals surface area contributed by atoms with Gasteiger partial charge < -0.3 is 9.47 Å². The van der Waals surface area contributed by atoms with E-state index in [1.54, 1.807) is 0 Å². The Morgan fingerprint density at radius 3 is 2.88 bits per heavy atom. The highest BCUT2D eigenvalue weighted by Crippen LogP contribution is 2.14. The number of carbonyl (C=O) groups is 1. The number of benzene rings is 1. The molecule has 16 heavy (non-hydrogen) atoms. The van der Waals surface area contributed by atoms with Crippen LogP contribution < -0.4 is 0 Å². The highest BCUT2D eigenvalue weighted by molar-refractivity contribution is 5.69. The summed E-state index contributed by atoms with van der Waals surface area (Å²) >= 11 is 0. The fourth-order valence-electron chi connectivity index (χ4n) is 1.75. The molecule has 0 radical (unpaired) electrons. The molecule has 1 aromatic carbocycles. The Kier molecular flexibility index (Phi) is 3.94. The van der Waals surface area contributed by atoms with E-state index in [-0.39, 0.29) is 12.1 Å². The minimum atomic E-state index is -0.106. The summed E-state index contributed by atoms with van der Waals surface area (Å²) < 4.78 is 10.7. The number of hydrogen-bond donors (Lipinski definition) is 0. The monoisotopic (exact) mass is 220 g/mol. The lowest BCUT2D eigenvalue weighted by molar-refractivity contribution is -0.142. The molecule has 0 saturated carbocycles. The average molecular weight is 220 g/mol. The fraction of sp³-hybridized carbons (Fsp3) is 0.462. The van der Waals surface area contributed by atoms with Gasteiger partial charge in [-0.3, -0.25) is 4.79 Å². The molecule has 1 saturated heterocycles. The topological polar surface area (TPSA) is 35.5 Å².